The molecule has 0 saturated heterocycles. The molecule has 2 aromatic rings. The van der Waals surface area contributed by atoms with Crippen molar-refractivity contribution < 1.29 is 4.79 Å². The van der Waals surface area contributed by atoms with E-state index in [4.69, 9.17) is 11.0 Å². The minimum atomic E-state index is -0.159. The van der Waals surface area contributed by atoms with E-state index in [0.717, 1.165) is 5.56 Å². The molecule has 0 heterocycles. The summed E-state index contributed by atoms with van der Waals surface area (Å²) in [6, 6.07) is 16.1. The Balaban J connectivity index is 2.06. The topological polar surface area (TPSA) is 78.9 Å². The Morgan fingerprint density at radius 2 is 2.00 bits per heavy atom. The highest BCUT2D eigenvalue weighted by Crippen LogP contribution is 2.14. The van der Waals surface area contributed by atoms with Gasteiger partial charge >= 0.3 is 0 Å². The van der Waals surface area contributed by atoms with E-state index >= 15 is 0 Å². The van der Waals surface area contributed by atoms with Crippen LogP contribution < -0.4 is 11.1 Å². The van der Waals surface area contributed by atoms with Gasteiger partial charge in [0.1, 0.15) is 0 Å². The summed E-state index contributed by atoms with van der Waals surface area (Å²) < 4.78 is 0. The number of nitrogens with zero attached hydrogens (tertiary/aromatic N) is 1. The first-order valence-corrected chi connectivity index (χ1v) is 5.82. The van der Waals surface area contributed by atoms with Crippen LogP contribution in [0.2, 0.25) is 0 Å². The maximum atomic E-state index is 11.9. The standard InChI is InChI=1S/C15H13N3O/c16-10-11-4-3-6-13(8-11)18-15(19)9-12-5-1-2-7-14(12)17/h1-8H,9,17H2,(H,18,19). The molecule has 0 radical (unpaired) electrons. The second-order valence-electron chi connectivity index (χ2n) is 4.12. The minimum absolute atomic E-state index is 0.159. The molecule has 0 aromatic heterocycles. The van der Waals surface area contributed by atoms with E-state index in [9.17, 15) is 4.79 Å². The highest BCUT2D eigenvalue weighted by molar-refractivity contribution is 5.93. The van der Waals surface area contributed by atoms with Gasteiger partial charge in [-0.05, 0) is 29.8 Å². The number of benzene rings is 2. The second-order valence-corrected chi connectivity index (χ2v) is 4.12. The Bertz CT molecular complexity index is 644. The molecule has 3 N–H and O–H groups in total. The number of para-hydroxylation sites is 1. The van der Waals surface area contributed by atoms with E-state index in [1.165, 1.54) is 0 Å². The summed E-state index contributed by atoms with van der Waals surface area (Å²) in [5, 5.41) is 11.5. The largest absolute Gasteiger partial charge is 0.398 e. The van der Waals surface area contributed by atoms with Crippen molar-refractivity contribution >= 4 is 17.3 Å². The first kappa shape index (κ1) is 12.7. The molecule has 4 heteroatoms. The Kier molecular flexibility index (Phi) is 3.79. The van der Waals surface area contributed by atoms with Crippen LogP contribution in [-0.2, 0) is 11.2 Å². The average Bonchev–Trinajstić information content (AvgIpc) is 2.41. The Labute approximate surface area is 111 Å². The van der Waals surface area contributed by atoms with Gasteiger partial charge in [0.05, 0.1) is 18.1 Å². The van der Waals surface area contributed by atoms with Crippen LogP contribution in [0, 0.1) is 11.3 Å². The van der Waals surface area contributed by atoms with Gasteiger partial charge in [0.2, 0.25) is 5.91 Å². The van der Waals surface area contributed by atoms with Crippen LogP contribution >= 0.6 is 0 Å². The zero-order chi connectivity index (χ0) is 13.7. The van der Waals surface area contributed by atoms with E-state index in [1.807, 2.05) is 24.3 Å². The van der Waals surface area contributed by atoms with E-state index in [0.29, 0.717) is 16.9 Å². The summed E-state index contributed by atoms with van der Waals surface area (Å²) >= 11 is 0. The first-order chi connectivity index (χ1) is 9.19. The molecular weight excluding hydrogens is 238 g/mol. The van der Waals surface area contributed by atoms with Crippen LogP contribution in [0.25, 0.3) is 0 Å². The normalized spacial score (nSPS) is 9.63. The van der Waals surface area contributed by atoms with Crippen molar-refractivity contribution in [2.45, 2.75) is 6.42 Å². The van der Waals surface area contributed by atoms with Gasteiger partial charge in [-0.1, -0.05) is 24.3 Å². The molecule has 0 unspecified atom stereocenters. The maximum Gasteiger partial charge on any atom is 0.228 e. The summed E-state index contributed by atoms with van der Waals surface area (Å²) in [6.07, 6.45) is 0.212. The Hall–Kier alpha value is -2.80. The number of anilines is 2. The monoisotopic (exact) mass is 251 g/mol. The molecule has 0 spiro atoms. The molecule has 19 heavy (non-hydrogen) atoms. The van der Waals surface area contributed by atoms with Crippen molar-refractivity contribution in [3.8, 4) is 6.07 Å². The Morgan fingerprint density at radius 1 is 1.21 bits per heavy atom. The molecule has 4 nitrogen and oxygen atoms in total. The number of hydrogen-bond acceptors (Lipinski definition) is 3. The van der Waals surface area contributed by atoms with Crippen molar-refractivity contribution in [3.05, 3.63) is 59.7 Å². The van der Waals surface area contributed by atoms with Crippen LogP contribution in [0.1, 0.15) is 11.1 Å². The molecule has 0 saturated carbocycles. The van der Waals surface area contributed by atoms with Crippen molar-refractivity contribution in [2.75, 3.05) is 11.1 Å². The zero-order valence-electron chi connectivity index (χ0n) is 10.3. The summed E-state index contributed by atoms with van der Waals surface area (Å²) in [6.45, 7) is 0. The van der Waals surface area contributed by atoms with Gasteiger partial charge in [0.15, 0.2) is 0 Å². The van der Waals surface area contributed by atoms with E-state index in [2.05, 4.69) is 5.32 Å². The van der Waals surface area contributed by atoms with Gasteiger partial charge in [-0.15, -0.1) is 0 Å². The summed E-state index contributed by atoms with van der Waals surface area (Å²) in [4.78, 5) is 11.9. The van der Waals surface area contributed by atoms with E-state index in [1.54, 1.807) is 30.3 Å². The quantitative estimate of drug-likeness (QED) is 0.821. The highest BCUT2D eigenvalue weighted by Gasteiger charge is 2.06. The van der Waals surface area contributed by atoms with Gasteiger partial charge in [-0.2, -0.15) is 5.26 Å². The lowest BCUT2D eigenvalue weighted by Gasteiger charge is -2.07. The molecule has 1 amide bonds. The van der Waals surface area contributed by atoms with Gasteiger partial charge in [0.25, 0.3) is 0 Å². The smallest absolute Gasteiger partial charge is 0.228 e. The van der Waals surface area contributed by atoms with Crippen LogP contribution in [0.5, 0.6) is 0 Å². The fraction of sp³-hybridized carbons (Fsp3) is 0.0667. The molecule has 0 bridgehead atoms. The number of hydrogen-bond donors (Lipinski definition) is 2. The SMILES string of the molecule is N#Cc1cccc(NC(=O)Cc2ccccc2N)c1. The summed E-state index contributed by atoms with van der Waals surface area (Å²) in [5.74, 6) is -0.159. The molecule has 2 rings (SSSR count). The third kappa shape index (κ3) is 3.33. The van der Waals surface area contributed by atoms with Crippen LogP contribution in [0.4, 0.5) is 11.4 Å². The van der Waals surface area contributed by atoms with E-state index in [-0.39, 0.29) is 12.3 Å². The number of nitriles is 1. The number of nitrogens with two attached hydrogens (primary N) is 1. The fourth-order valence-corrected chi connectivity index (χ4v) is 1.74. The van der Waals surface area contributed by atoms with Gasteiger partial charge in [0, 0.05) is 11.4 Å². The van der Waals surface area contributed by atoms with Crippen LogP contribution in [-0.4, -0.2) is 5.91 Å². The number of rotatable bonds is 3. The third-order valence-electron chi connectivity index (χ3n) is 2.68. The van der Waals surface area contributed by atoms with Crippen molar-refractivity contribution in [3.63, 3.8) is 0 Å². The van der Waals surface area contributed by atoms with Crippen molar-refractivity contribution in [1.82, 2.24) is 0 Å². The number of nitrogens with one attached hydrogen (secondary N) is 1. The molecule has 94 valence electrons. The average molecular weight is 251 g/mol. The van der Waals surface area contributed by atoms with Crippen molar-refractivity contribution in [1.29, 1.82) is 5.26 Å². The number of carbonyl (C=O) groups excluding carboxylic acids is 1. The molecular formula is C15H13N3O. The van der Waals surface area contributed by atoms with Crippen LogP contribution in [0.15, 0.2) is 48.5 Å². The van der Waals surface area contributed by atoms with Crippen molar-refractivity contribution in [2.24, 2.45) is 0 Å². The molecule has 0 aliphatic heterocycles. The predicted molar refractivity (Wildman–Crippen MR) is 74.3 cm³/mol. The molecule has 0 aliphatic carbocycles. The Morgan fingerprint density at radius 3 is 2.74 bits per heavy atom. The van der Waals surface area contributed by atoms with E-state index < -0.39 is 0 Å². The molecule has 2 aromatic carbocycles. The van der Waals surface area contributed by atoms with Gasteiger partial charge in [-0.3, -0.25) is 4.79 Å². The second kappa shape index (κ2) is 5.69. The molecule has 0 atom stereocenters. The molecule has 0 aliphatic rings. The summed E-state index contributed by atoms with van der Waals surface area (Å²) in [5.41, 5.74) is 8.29. The fourth-order valence-electron chi connectivity index (χ4n) is 1.74. The van der Waals surface area contributed by atoms with Gasteiger partial charge in [-0.25, -0.2) is 0 Å². The number of amides is 1. The number of nitrogen functional groups attached to an aromatic ring is 1. The van der Waals surface area contributed by atoms with Gasteiger partial charge < -0.3 is 11.1 Å². The zero-order valence-corrected chi connectivity index (χ0v) is 10.3. The summed E-state index contributed by atoms with van der Waals surface area (Å²) in [7, 11) is 0. The maximum absolute atomic E-state index is 11.9. The van der Waals surface area contributed by atoms with Crippen LogP contribution in [0.3, 0.4) is 0 Å². The lowest BCUT2D eigenvalue weighted by atomic mass is 10.1. The highest BCUT2D eigenvalue weighted by atomic mass is 16.1. The molecule has 0 fully saturated rings. The predicted octanol–water partition coefficient (Wildman–Crippen LogP) is 2.32. The minimum Gasteiger partial charge on any atom is -0.398 e. The third-order valence-corrected chi connectivity index (χ3v) is 2.68. The lowest BCUT2D eigenvalue weighted by Crippen LogP contribution is -2.15. The number of carbonyl (C=O) groups is 1. The lowest BCUT2D eigenvalue weighted by molar-refractivity contribution is -0.115. The first-order valence-electron chi connectivity index (χ1n) is 5.82.